The van der Waals surface area contributed by atoms with Crippen LogP contribution in [0.3, 0.4) is 0 Å². The van der Waals surface area contributed by atoms with Gasteiger partial charge in [0.2, 0.25) is 5.95 Å². The molecule has 2 N–H and O–H groups in total. The maximum absolute atomic E-state index is 13.9. The fourth-order valence-corrected chi connectivity index (χ4v) is 2.51. The van der Waals surface area contributed by atoms with Gasteiger partial charge in [0, 0.05) is 10.0 Å². The van der Waals surface area contributed by atoms with Crippen molar-refractivity contribution in [3.63, 3.8) is 0 Å². The van der Waals surface area contributed by atoms with Gasteiger partial charge in [0.1, 0.15) is 17.8 Å². The van der Waals surface area contributed by atoms with E-state index in [0.29, 0.717) is 10.0 Å². The smallest absolute Gasteiger partial charge is 0.244 e. The van der Waals surface area contributed by atoms with Gasteiger partial charge in [-0.3, -0.25) is 0 Å². The van der Waals surface area contributed by atoms with Crippen molar-refractivity contribution in [1.29, 1.82) is 0 Å². The van der Waals surface area contributed by atoms with Crippen LogP contribution < -0.4 is 5.32 Å². The molecule has 22 heavy (non-hydrogen) atoms. The number of nitrogens with zero attached hydrogens (tertiary/aromatic N) is 3. The molecule has 0 radical (unpaired) electrons. The van der Waals surface area contributed by atoms with E-state index in [1.165, 1.54) is 17.1 Å². The average molecular weight is 363 g/mol. The van der Waals surface area contributed by atoms with Crippen LogP contribution in [-0.2, 0) is 0 Å². The second-order valence-corrected chi connectivity index (χ2v) is 5.39. The first-order valence-corrected chi connectivity index (χ1v) is 7.30. The first-order valence-electron chi connectivity index (χ1n) is 6.51. The zero-order valence-corrected chi connectivity index (χ0v) is 12.9. The third-order valence-corrected chi connectivity index (χ3v) is 3.68. The minimum atomic E-state index is -0.943. The van der Waals surface area contributed by atoms with Crippen LogP contribution in [-0.4, -0.2) is 19.9 Å². The van der Waals surface area contributed by atoms with Crippen LogP contribution in [0.15, 0.2) is 59.3 Å². The van der Waals surface area contributed by atoms with Gasteiger partial charge < -0.3 is 10.4 Å². The molecular formula is C15H12BrFN4O. The molecule has 112 valence electrons. The highest BCUT2D eigenvalue weighted by Gasteiger charge is 2.13. The van der Waals surface area contributed by atoms with Crippen molar-refractivity contribution < 1.29 is 9.50 Å². The molecule has 0 aliphatic heterocycles. The first-order chi connectivity index (χ1) is 10.6. The topological polar surface area (TPSA) is 63.0 Å². The Morgan fingerprint density at radius 1 is 1.14 bits per heavy atom. The van der Waals surface area contributed by atoms with Crippen molar-refractivity contribution in [2.45, 2.75) is 6.23 Å². The lowest BCUT2D eigenvalue weighted by Gasteiger charge is -2.11. The molecular weight excluding hydrogens is 351 g/mol. The van der Waals surface area contributed by atoms with Crippen molar-refractivity contribution in [2.75, 3.05) is 5.32 Å². The van der Waals surface area contributed by atoms with Gasteiger partial charge >= 0.3 is 0 Å². The third-order valence-electron chi connectivity index (χ3n) is 3.04. The third kappa shape index (κ3) is 3.00. The van der Waals surface area contributed by atoms with E-state index >= 15 is 0 Å². The monoisotopic (exact) mass is 362 g/mol. The number of hydrogen-bond acceptors (Lipinski definition) is 4. The van der Waals surface area contributed by atoms with E-state index in [-0.39, 0.29) is 11.6 Å². The molecule has 1 atom stereocenters. The number of hydrogen-bond donors (Lipinski definition) is 2. The summed E-state index contributed by atoms with van der Waals surface area (Å²) in [6.45, 7) is 0. The summed E-state index contributed by atoms with van der Waals surface area (Å²) in [6, 6.07) is 13.7. The number of rotatable bonds is 4. The zero-order chi connectivity index (χ0) is 15.5. The van der Waals surface area contributed by atoms with Crippen LogP contribution in [0.1, 0.15) is 11.8 Å². The summed E-state index contributed by atoms with van der Waals surface area (Å²) >= 11 is 3.28. The number of nitrogens with one attached hydrogen (secondary N) is 1. The van der Waals surface area contributed by atoms with Crippen LogP contribution >= 0.6 is 15.9 Å². The number of aliphatic hydroxyl groups excluding tert-OH is 1. The van der Waals surface area contributed by atoms with Gasteiger partial charge in [-0.15, -0.1) is 5.10 Å². The van der Waals surface area contributed by atoms with Crippen molar-refractivity contribution in [1.82, 2.24) is 14.8 Å². The Morgan fingerprint density at radius 2 is 1.91 bits per heavy atom. The molecule has 0 aliphatic carbocycles. The molecule has 7 heteroatoms. The summed E-state index contributed by atoms with van der Waals surface area (Å²) in [5.41, 5.74) is 0.947. The minimum absolute atomic E-state index is 0.200. The summed E-state index contributed by atoms with van der Waals surface area (Å²) < 4.78 is 15.8. The number of para-hydroxylation sites is 1. The van der Waals surface area contributed by atoms with Gasteiger partial charge in [0.15, 0.2) is 6.23 Å². The fourth-order valence-electron chi connectivity index (χ4n) is 1.99. The zero-order valence-electron chi connectivity index (χ0n) is 11.3. The molecule has 1 unspecified atom stereocenters. The molecule has 0 saturated heterocycles. The fraction of sp³-hybridized carbons (Fsp3) is 0.0667. The Labute approximate surface area is 134 Å². The maximum Gasteiger partial charge on any atom is 0.244 e. The molecule has 3 aromatic rings. The molecule has 1 heterocycles. The van der Waals surface area contributed by atoms with Crippen LogP contribution in [0.4, 0.5) is 10.3 Å². The highest BCUT2D eigenvalue weighted by Crippen LogP contribution is 2.23. The molecule has 1 aromatic heterocycles. The quantitative estimate of drug-likeness (QED) is 0.699. The SMILES string of the molecule is OC(Nc1ncn(-c2c(F)cccc2Br)n1)c1ccccc1. The Balaban J connectivity index is 1.83. The second kappa shape index (κ2) is 6.25. The van der Waals surface area contributed by atoms with E-state index in [2.05, 4.69) is 31.3 Å². The van der Waals surface area contributed by atoms with E-state index < -0.39 is 12.0 Å². The van der Waals surface area contributed by atoms with Crippen LogP contribution in [0.25, 0.3) is 5.69 Å². The van der Waals surface area contributed by atoms with E-state index in [4.69, 9.17) is 0 Å². The predicted octanol–water partition coefficient (Wildman–Crippen LogP) is 3.27. The van der Waals surface area contributed by atoms with Crippen molar-refractivity contribution in [2.24, 2.45) is 0 Å². The standard InChI is InChI=1S/C15H12BrFN4O/c16-11-7-4-8-12(17)13(11)21-9-18-15(20-21)19-14(22)10-5-2-1-3-6-10/h1-9,14,22H,(H,19,20). The van der Waals surface area contributed by atoms with Crippen LogP contribution in [0.2, 0.25) is 0 Å². The maximum atomic E-state index is 13.9. The van der Waals surface area contributed by atoms with Crippen LogP contribution in [0, 0.1) is 5.82 Å². The van der Waals surface area contributed by atoms with E-state index in [0.717, 1.165) is 0 Å². The van der Waals surface area contributed by atoms with Gasteiger partial charge in [0.05, 0.1) is 0 Å². The Bertz CT molecular complexity index is 758. The summed E-state index contributed by atoms with van der Waals surface area (Å²) in [6.07, 6.45) is 0.435. The summed E-state index contributed by atoms with van der Waals surface area (Å²) in [5, 5.41) is 17.0. The average Bonchev–Trinajstić information content (AvgIpc) is 2.96. The van der Waals surface area contributed by atoms with Crippen molar-refractivity contribution in [3.8, 4) is 5.69 Å². The van der Waals surface area contributed by atoms with Gasteiger partial charge in [-0.05, 0) is 28.1 Å². The predicted molar refractivity (Wildman–Crippen MR) is 84.0 cm³/mol. The van der Waals surface area contributed by atoms with E-state index in [1.54, 1.807) is 24.3 Å². The molecule has 5 nitrogen and oxygen atoms in total. The van der Waals surface area contributed by atoms with Gasteiger partial charge in [-0.1, -0.05) is 36.4 Å². The lowest BCUT2D eigenvalue weighted by atomic mass is 10.2. The second-order valence-electron chi connectivity index (χ2n) is 4.54. The highest BCUT2D eigenvalue weighted by molar-refractivity contribution is 9.10. The molecule has 2 aromatic carbocycles. The summed E-state index contributed by atoms with van der Waals surface area (Å²) in [7, 11) is 0. The Morgan fingerprint density at radius 3 is 2.64 bits per heavy atom. The number of anilines is 1. The number of aliphatic hydroxyl groups is 1. The highest BCUT2D eigenvalue weighted by atomic mass is 79.9. The first kappa shape index (κ1) is 14.7. The van der Waals surface area contributed by atoms with Gasteiger partial charge in [-0.25, -0.2) is 14.1 Å². The van der Waals surface area contributed by atoms with Crippen molar-refractivity contribution in [3.05, 3.63) is 70.7 Å². The van der Waals surface area contributed by atoms with Crippen LogP contribution in [0.5, 0.6) is 0 Å². The number of aromatic nitrogens is 3. The Kier molecular flexibility index (Phi) is 4.17. The van der Waals surface area contributed by atoms with Gasteiger partial charge in [0.25, 0.3) is 0 Å². The Hall–Kier alpha value is -2.25. The number of halogens is 2. The van der Waals surface area contributed by atoms with Crippen molar-refractivity contribution >= 4 is 21.9 Å². The lowest BCUT2D eigenvalue weighted by molar-refractivity contribution is 0.207. The van der Waals surface area contributed by atoms with Gasteiger partial charge in [-0.2, -0.15) is 0 Å². The summed E-state index contributed by atoms with van der Waals surface area (Å²) in [4.78, 5) is 4.03. The van der Waals surface area contributed by atoms with E-state index in [9.17, 15) is 9.50 Å². The molecule has 0 bridgehead atoms. The lowest BCUT2D eigenvalue weighted by Crippen LogP contribution is -2.11. The minimum Gasteiger partial charge on any atom is -0.369 e. The summed E-state index contributed by atoms with van der Waals surface area (Å²) in [5.74, 6) is -0.221. The molecule has 0 aliphatic rings. The molecule has 0 amide bonds. The van der Waals surface area contributed by atoms with E-state index in [1.807, 2.05) is 18.2 Å². The molecule has 3 rings (SSSR count). The molecule has 0 fully saturated rings. The molecule has 0 saturated carbocycles. The number of benzene rings is 2. The normalized spacial score (nSPS) is 12.1. The molecule has 0 spiro atoms. The largest absolute Gasteiger partial charge is 0.369 e.